The Hall–Kier alpha value is -3.12. The number of hydrazone groups is 1. The minimum Gasteiger partial charge on any atom is -0.493 e. The van der Waals surface area contributed by atoms with Gasteiger partial charge in [0.25, 0.3) is 15.9 Å². The standard InChI is InChI=1S/C26H28IN3O5S/c1-17-11-18(2)13-22(12-17)30(36(32,33)23-9-10-24(34-4)25(15-23)35-5)16-26(31)29-28-19(3)20-7-6-8-21(27)14-20/h6-15H,16H2,1-5H3,(H,29,31)/b28-19-. The first-order valence-corrected chi connectivity index (χ1v) is 13.5. The zero-order chi connectivity index (χ0) is 26.5. The highest BCUT2D eigenvalue weighted by molar-refractivity contribution is 14.1. The van der Waals surface area contributed by atoms with E-state index in [1.807, 2.05) is 44.2 Å². The van der Waals surface area contributed by atoms with Crippen LogP contribution in [0.4, 0.5) is 5.69 Å². The number of carbonyl (C=O) groups excluding carboxylic acids is 1. The average molecular weight is 621 g/mol. The first-order chi connectivity index (χ1) is 17.0. The van der Waals surface area contributed by atoms with Crippen LogP contribution in [0.25, 0.3) is 0 Å². The quantitative estimate of drug-likeness (QED) is 0.213. The van der Waals surface area contributed by atoms with Crippen molar-refractivity contribution in [3.05, 3.63) is 80.9 Å². The second-order valence-corrected chi connectivity index (χ2v) is 11.2. The van der Waals surface area contributed by atoms with Gasteiger partial charge in [0.05, 0.1) is 30.5 Å². The van der Waals surface area contributed by atoms with E-state index in [2.05, 4.69) is 33.1 Å². The molecule has 3 aromatic carbocycles. The van der Waals surface area contributed by atoms with Gasteiger partial charge in [-0.15, -0.1) is 0 Å². The molecule has 0 bridgehead atoms. The predicted molar refractivity (Wildman–Crippen MR) is 150 cm³/mol. The summed E-state index contributed by atoms with van der Waals surface area (Å²) >= 11 is 2.20. The highest BCUT2D eigenvalue weighted by atomic mass is 127. The third-order valence-corrected chi connectivity index (χ3v) is 7.76. The predicted octanol–water partition coefficient (Wildman–Crippen LogP) is 4.66. The summed E-state index contributed by atoms with van der Waals surface area (Å²) in [6.07, 6.45) is 0. The Balaban J connectivity index is 1.97. The monoisotopic (exact) mass is 621 g/mol. The van der Waals surface area contributed by atoms with E-state index in [-0.39, 0.29) is 10.6 Å². The van der Waals surface area contributed by atoms with Gasteiger partial charge in [0.2, 0.25) is 0 Å². The van der Waals surface area contributed by atoms with Gasteiger partial charge in [-0.2, -0.15) is 5.10 Å². The van der Waals surface area contributed by atoms with Crippen molar-refractivity contribution in [2.24, 2.45) is 5.10 Å². The zero-order valence-corrected chi connectivity index (χ0v) is 23.7. The Morgan fingerprint density at radius 2 is 1.64 bits per heavy atom. The van der Waals surface area contributed by atoms with Crippen molar-refractivity contribution in [1.29, 1.82) is 0 Å². The first kappa shape index (κ1) is 27.5. The van der Waals surface area contributed by atoms with E-state index < -0.39 is 22.5 Å². The molecule has 0 aromatic heterocycles. The molecular formula is C26H28IN3O5S. The summed E-state index contributed by atoms with van der Waals surface area (Å²) in [7, 11) is -1.25. The van der Waals surface area contributed by atoms with Crippen molar-refractivity contribution in [2.45, 2.75) is 25.7 Å². The number of sulfonamides is 1. The van der Waals surface area contributed by atoms with Crippen LogP contribution in [0.2, 0.25) is 0 Å². The number of amides is 1. The molecule has 0 unspecified atom stereocenters. The molecule has 1 amide bonds. The summed E-state index contributed by atoms with van der Waals surface area (Å²) in [6, 6.07) is 17.4. The fourth-order valence-corrected chi connectivity index (χ4v) is 5.57. The van der Waals surface area contributed by atoms with Crippen molar-refractivity contribution in [2.75, 3.05) is 25.1 Å². The van der Waals surface area contributed by atoms with E-state index in [9.17, 15) is 13.2 Å². The van der Waals surface area contributed by atoms with Crippen molar-refractivity contribution >= 4 is 49.9 Å². The van der Waals surface area contributed by atoms with Gasteiger partial charge in [-0.3, -0.25) is 9.10 Å². The maximum Gasteiger partial charge on any atom is 0.264 e. The van der Waals surface area contributed by atoms with E-state index >= 15 is 0 Å². The van der Waals surface area contributed by atoms with Crippen LogP contribution < -0.4 is 19.2 Å². The number of halogens is 1. The molecule has 0 atom stereocenters. The molecule has 0 radical (unpaired) electrons. The van der Waals surface area contributed by atoms with Crippen molar-refractivity contribution in [3.63, 3.8) is 0 Å². The third kappa shape index (κ3) is 6.55. The SMILES string of the molecule is COc1ccc(S(=O)(=O)N(CC(=O)N/N=C(/C)c2cccc(I)c2)c2cc(C)cc(C)c2)cc1OC. The minimum absolute atomic E-state index is 0.0364. The number of nitrogens with one attached hydrogen (secondary N) is 1. The van der Waals surface area contributed by atoms with E-state index in [0.717, 1.165) is 24.6 Å². The fourth-order valence-electron chi connectivity index (χ4n) is 3.60. The minimum atomic E-state index is -4.15. The van der Waals surface area contributed by atoms with Gasteiger partial charge < -0.3 is 9.47 Å². The number of rotatable bonds is 9. The lowest BCUT2D eigenvalue weighted by molar-refractivity contribution is -0.119. The van der Waals surface area contributed by atoms with Crippen molar-refractivity contribution in [1.82, 2.24) is 5.43 Å². The van der Waals surface area contributed by atoms with Gasteiger partial charge in [-0.25, -0.2) is 13.8 Å². The largest absolute Gasteiger partial charge is 0.493 e. The average Bonchev–Trinajstić information content (AvgIpc) is 2.84. The molecule has 3 aromatic rings. The van der Waals surface area contributed by atoms with Gasteiger partial charge in [-0.1, -0.05) is 18.2 Å². The van der Waals surface area contributed by atoms with E-state index in [4.69, 9.17) is 9.47 Å². The summed E-state index contributed by atoms with van der Waals surface area (Å²) in [5, 5.41) is 4.18. The number of methoxy groups -OCH3 is 2. The smallest absolute Gasteiger partial charge is 0.264 e. The molecule has 0 aliphatic carbocycles. The molecule has 0 fully saturated rings. The van der Waals surface area contributed by atoms with Crippen molar-refractivity contribution < 1.29 is 22.7 Å². The van der Waals surface area contributed by atoms with Crippen LogP contribution in [-0.2, 0) is 14.8 Å². The maximum absolute atomic E-state index is 13.8. The zero-order valence-electron chi connectivity index (χ0n) is 20.7. The number of hydrogen-bond acceptors (Lipinski definition) is 6. The van der Waals surface area contributed by atoms with Gasteiger partial charge in [0.1, 0.15) is 6.54 Å². The van der Waals surface area contributed by atoms with Crippen molar-refractivity contribution in [3.8, 4) is 11.5 Å². The van der Waals surface area contributed by atoms with Crippen LogP contribution in [0, 0.1) is 17.4 Å². The molecule has 0 aliphatic rings. The molecule has 1 N–H and O–H groups in total. The Morgan fingerprint density at radius 3 is 2.25 bits per heavy atom. The van der Waals surface area contributed by atoms with Crippen LogP contribution in [0.5, 0.6) is 11.5 Å². The van der Waals surface area contributed by atoms with Gasteiger partial charge >= 0.3 is 0 Å². The fraction of sp³-hybridized carbons (Fsp3) is 0.231. The van der Waals surface area contributed by atoms with Gasteiger partial charge in [-0.05, 0) is 96.5 Å². The Labute approximate surface area is 225 Å². The van der Waals surface area contributed by atoms with E-state index in [1.165, 1.54) is 32.4 Å². The first-order valence-electron chi connectivity index (χ1n) is 11.0. The van der Waals surface area contributed by atoms with Crippen LogP contribution in [-0.4, -0.2) is 40.8 Å². The van der Waals surface area contributed by atoms with Gasteiger partial charge in [0.15, 0.2) is 11.5 Å². The molecule has 0 spiro atoms. The number of aryl methyl sites for hydroxylation is 2. The number of hydrogen-bond donors (Lipinski definition) is 1. The second kappa shape index (κ2) is 11.7. The molecule has 10 heteroatoms. The van der Waals surface area contributed by atoms with Crippen LogP contribution in [0.15, 0.2) is 70.7 Å². The number of nitrogens with zero attached hydrogens (tertiary/aromatic N) is 2. The third-order valence-electron chi connectivity index (χ3n) is 5.32. The Bertz CT molecular complexity index is 1390. The molecule has 0 saturated carbocycles. The maximum atomic E-state index is 13.8. The molecule has 8 nitrogen and oxygen atoms in total. The summed E-state index contributed by atoms with van der Waals surface area (Å²) in [5.41, 5.74) is 6.05. The topological polar surface area (TPSA) is 97.3 Å². The number of anilines is 1. The summed E-state index contributed by atoms with van der Waals surface area (Å²) in [6.45, 7) is 5.04. The second-order valence-electron chi connectivity index (χ2n) is 8.12. The molecule has 0 saturated heterocycles. The molecule has 3 rings (SSSR count). The number of benzene rings is 3. The molecule has 0 aliphatic heterocycles. The highest BCUT2D eigenvalue weighted by Gasteiger charge is 2.28. The normalized spacial score (nSPS) is 11.7. The number of carbonyl (C=O) groups is 1. The summed E-state index contributed by atoms with van der Waals surface area (Å²) in [4.78, 5) is 12.9. The molecule has 36 heavy (non-hydrogen) atoms. The van der Waals surface area contributed by atoms with E-state index in [1.54, 1.807) is 19.1 Å². The Kier molecular flexibility index (Phi) is 8.96. The lowest BCUT2D eigenvalue weighted by Gasteiger charge is -2.25. The highest BCUT2D eigenvalue weighted by Crippen LogP contribution is 2.32. The van der Waals surface area contributed by atoms with Crippen LogP contribution in [0.3, 0.4) is 0 Å². The number of ether oxygens (including phenoxy) is 2. The lowest BCUT2D eigenvalue weighted by atomic mass is 10.1. The Morgan fingerprint density at radius 1 is 0.972 bits per heavy atom. The van der Waals surface area contributed by atoms with E-state index in [0.29, 0.717) is 17.1 Å². The lowest BCUT2D eigenvalue weighted by Crippen LogP contribution is -2.39. The van der Waals surface area contributed by atoms with Crippen LogP contribution in [0.1, 0.15) is 23.6 Å². The molecule has 0 heterocycles. The molecular weight excluding hydrogens is 593 g/mol. The molecule has 190 valence electrons. The summed E-state index contributed by atoms with van der Waals surface area (Å²) in [5.74, 6) is 0.0804. The van der Waals surface area contributed by atoms with Gasteiger partial charge in [0, 0.05) is 9.64 Å². The summed E-state index contributed by atoms with van der Waals surface area (Å²) < 4.78 is 40.2. The van der Waals surface area contributed by atoms with Crippen LogP contribution >= 0.6 is 22.6 Å².